The van der Waals surface area contributed by atoms with Gasteiger partial charge in [-0.05, 0) is 31.5 Å². The Morgan fingerprint density at radius 2 is 2.31 bits per heavy atom. The van der Waals surface area contributed by atoms with E-state index in [1.165, 1.54) is 11.3 Å². The molecule has 0 aliphatic carbocycles. The van der Waals surface area contributed by atoms with Gasteiger partial charge in [0.1, 0.15) is 5.82 Å². The molecule has 134 valence electrons. The molecular formula is C18H19N5O2S. The Bertz CT molecular complexity index is 968. The first-order valence-electron chi connectivity index (χ1n) is 8.59. The lowest BCUT2D eigenvalue weighted by Crippen LogP contribution is -2.40. The summed E-state index contributed by atoms with van der Waals surface area (Å²) in [6, 6.07) is 7.03. The predicted octanol–water partition coefficient (Wildman–Crippen LogP) is 2.00. The molecule has 0 bridgehead atoms. The molecule has 1 saturated heterocycles. The first-order valence-corrected chi connectivity index (χ1v) is 9.47. The van der Waals surface area contributed by atoms with E-state index in [4.69, 9.17) is 0 Å². The molecule has 0 saturated carbocycles. The van der Waals surface area contributed by atoms with Crippen LogP contribution in [0.3, 0.4) is 0 Å². The van der Waals surface area contributed by atoms with Crippen LogP contribution in [0.4, 0.5) is 5.82 Å². The lowest BCUT2D eigenvalue weighted by molar-refractivity contribution is -0.121. The highest BCUT2D eigenvalue weighted by atomic mass is 32.1. The van der Waals surface area contributed by atoms with Crippen LogP contribution in [-0.4, -0.2) is 38.3 Å². The van der Waals surface area contributed by atoms with Gasteiger partial charge >= 0.3 is 0 Å². The van der Waals surface area contributed by atoms with Gasteiger partial charge in [-0.2, -0.15) is 0 Å². The minimum absolute atomic E-state index is 0.00450. The lowest BCUT2D eigenvalue weighted by Gasteiger charge is -2.31. The number of piperidine rings is 1. The van der Waals surface area contributed by atoms with Crippen molar-refractivity contribution in [3.63, 3.8) is 0 Å². The van der Waals surface area contributed by atoms with Gasteiger partial charge in [0, 0.05) is 36.9 Å². The fourth-order valence-corrected chi connectivity index (χ4v) is 4.01. The molecule has 4 rings (SSSR count). The van der Waals surface area contributed by atoms with Crippen molar-refractivity contribution in [1.82, 2.24) is 19.3 Å². The van der Waals surface area contributed by atoms with Crippen LogP contribution in [0.15, 0.2) is 46.8 Å². The number of nitrogens with zero attached hydrogens (tertiary/aromatic N) is 4. The summed E-state index contributed by atoms with van der Waals surface area (Å²) in [5.41, 5.74) is 0.691. The molecule has 1 unspecified atom stereocenters. The van der Waals surface area contributed by atoms with Crippen molar-refractivity contribution in [3.05, 3.63) is 58.1 Å². The number of anilines is 1. The summed E-state index contributed by atoms with van der Waals surface area (Å²) in [5.74, 6) is 0.486. The van der Waals surface area contributed by atoms with E-state index in [1.807, 2.05) is 17.5 Å². The number of carbonyl (C=O) groups excluding carboxylic acids is 1. The smallest absolute Gasteiger partial charge is 0.258 e. The van der Waals surface area contributed by atoms with Crippen LogP contribution in [0, 0.1) is 5.92 Å². The quantitative estimate of drug-likeness (QED) is 0.761. The fourth-order valence-electron chi connectivity index (χ4n) is 3.28. The Morgan fingerprint density at radius 1 is 1.38 bits per heavy atom. The molecule has 3 aromatic heterocycles. The normalized spacial score (nSPS) is 18.1. The maximum Gasteiger partial charge on any atom is 0.258 e. The topological polar surface area (TPSA) is 79.6 Å². The van der Waals surface area contributed by atoms with Crippen molar-refractivity contribution in [2.75, 3.05) is 18.4 Å². The van der Waals surface area contributed by atoms with Crippen LogP contribution in [0.2, 0.25) is 0 Å². The van der Waals surface area contributed by atoms with Gasteiger partial charge in [-0.3, -0.25) is 18.9 Å². The number of aromatic nitrogens is 3. The summed E-state index contributed by atoms with van der Waals surface area (Å²) in [6.07, 6.45) is 5.20. The van der Waals surface area contributed by atoms with E-state index in [0.717, 1.165) is 25.1 Å². The van der Waals surface area contributed by atoms with E-state index < -0.39 is 0 Å². The minimum Gasteiger partial charge on any atom is -0.310 e. The highest BCUT2D eigenvalue weighted by Gasteiger charge is 2.26. The Labute approximate surface area is 154 Å². The van der Waals surface area contributed by atoms with E-state index in [-0.39, 0.29) is 17.4 Å². The number of likely N-dealkylation sites (tertiary alicyclic amines) is 1. The predicted molar refractivity (Wildman–Crippen MR) is 100 cm³/mol. The van der Waals surface area contributed by atoms with Crippen molar-refractivity contribution in [1.29, 1.82) is 0 Å². The minimum atomic E-state index is -0.0858. The molecule has 1 amide bonds. The second kappa shape index (κ2) is 7.35. The molecular weight excluding hydrogens is 350 g/mol. The summed E-state index contributed by atoms with van der Waals surface area (Å²) < 4.78 is 1.55. The molecule has 1 fully saturated rings. The third-order valence-corrected chi connectivity index (χ3v) is 5.29. The molecule has 1 N–H and O–H groups in total. The number of nitrogens with one attached hydrogen (secondary N) is 1. The van der Waals surface area contributed by atoms with Gasteiger partial charge in [-0.15, -0.1) is 11.3 Å². The number of rotatable bonds is 4. The molecule has 26 heavy (non-hydrogen) atoms. The molecule has 0 spiro atoms. The summed E-state index contributed by atoms with van der Waals surface area (Å²) in [5, 5.41) is 4.74. The third-order valence-electron chi connectivity index (χ3n) is 4.53. The number of carbonyl (C=O) groups is 1. The molecule has 1 aliphatic heterocycles. The Morgan fingerprint density at radius 3 is 3.15 bits per heavy atom. The molecule has 0 radical (unpaired) electrons. The Hall–Kier alpha value is -2.58. The van der Waals surface area contributed by atoms with Gasteiger partial charge in [-0.1, -0.05) is 6.07 Å². The molecule has 3 aromatic rings. The van der Waals surface area contributed by atoms with Crippen LogP contribution < -0.4 is 10.9 Å². The van der Waals surface area contributed by atoms with Crippen molar-refractivity contribution >= 4 is 28.0 Å². The zero-order chi connectivity index (χ0) is 17.9. The molecule has 1 atom stereocenters. The highest BCUT2D eigenvalue weighted by molar-refractivity contribution is 7.15. The number of hydrogen-bond acceptors (Lipinski definition) is 6. The second-order valence-corrected chi connectivity index (χ2v) is 7.29. The van der Waals surface area contributed by atoms with Crippen LogP contribution in [0.5, 0.6) is 0 Å². The number of fused-ring (bicyclic) bond motifs is 1. The van der Waals surface area contributed by atoms with Crippen LogP contribution in [0.1, 0.15) is 18.5 Å². The number of pyridine rings is 1. The first-order chi connectivity index (χ1) is 12.7. The van der Waals surface area contributed by atoms with E-state index in [1.54, 1.807) is 28.9 Å². The maximum absolute atomic E-state index is 12.5. The molecule has 0 aromatic carbocycles. The van der Waals surface area contributed by atoms with E-state index in [9.17, 15) is 9.59 Å². The average Bonchev–Trinajstić information content (AvgIpc) is 3.12. The summed E-state index contributed by atoms with van der Waals surface area (Å²) in [4.78, 5) is 36.2. The van der Waals surface area contributed by atoms with Gasteiger partial charge < -0.3 is 5.32 Å². The maximum atomic E-state index is 12.5. The van der Waals surface area contributed by atoms with Gasteiger partial charge in [0.2, 0.25) is 5.91 Å². The van der Waals surface area contributed by atoms with Gasteiger partial charge in [0.05, 0.1) is 11.6 Å². The largest absolute Gasteiger partial charge is 0.310 e. The van der Waals surface area contributed by atoms with Crippen molar-refractivity contribution in [3.8, 4) is 0 Å². The van der Waals surface area contributed by atoms with Gasteiger partial charge in [0.25, 0.3) is 5.56 Å². The molecule has 1 aliphatic rings. The van der Waals surface area contributed by atoms with Gasteiger partial charge in [-0.25, -0.2) is 9.97 Å². The summed E-state index contributed by atoms with van der Waals surface area (Å²) in [6.45, 7) is 2.14. The zero-order valence-corrected chi connectivity index (χ0v) is 15.0. The van der Waals surface area contributed by atoms with Gasteiger partial charge in [0.15, 0.2) is 4.96 Å². The molecule has 8 heteroatoms. The lowest BCUT2D eigenvalue weighted by atomic mass is 9.97. The standard InChI is InChI=1S/C18H19N5O2S/c24-16-10-14(20-18-23(16)8-9-26-18)12-22-7-3-4-13(11-22)17(25)21-15-5-1-2-6-19-15/h1-2,5-6,8-10,13H,3-4,7,11-12H2,(H,19,21,25). The number of amides is 1. The van der Waals surface area contributed by atoms with Crippen LogP contribution >= 0.6 is 11.3 Å². The first kappa shape index (κ1) is 16.9. The van der Waals surface area contributed by atoms with Crippen LogP contribution in [0.25, 0.3) is 4.96 Å². The van der Waals surface area contributed by atoms with E-state index in [0.29, 0.717) is 23.9 Å². The Kier molecular flexibility index (Phi) is 4.77. The molecule has 4 heterocycles. The van der Waals surface area contributed by atoms with Crippen molar-refractivity contribution in [2.24, 2.45) is 5.92 Å². The summed E-state index contributed by atoms with van der Waals surface area (Å²) in [7, 11) is 0. The van der Waals surface area contributed by atoms with E-state index >= 15 is 0 Å². The van der Waals surface area contributed by atoms with Crippen molar-refractivity contribution < 1.29 is 4.79 Å². The highest BCUT2D eigenvalue weighted by Crippen LogP contribution is 2.20. The average molecular weight is 369 g/mol. The van der Waals surface area contributed by atoms with Crippen LogP contribution in [-0.2, 0) is 11.3 Å². The monoisotopic (exact) mass is 369 g/mol. The third kappa shape index (κ3) is 3.66. The van der Waals surface area contributed by atoms with E-state index in [2.05, 4.69) is 20.2 Å². The SMILES string of the molecule is O=C(Nc1ccccn1)C1CCCN(Cc2cc(=O)n3ccsc3n2)C1. The number of hydrogen-bond donors (Lipinski definition) is 1. The zero-order valence-electron chi connectivity index (χ0n) is 14.2. The fraction of sp³-hybridized carbons (Fsp3) is 0.333. The van der Waals surface area contributed by atoms with Crippen molar-refractivity contribution in [2.45, 2.75) is 19.4 Å². The second-order valence-electron chi connectivity index (χ2n) is 6.42. The summed E-state index contributed by atoms with van der Waals surface area (Å²) >= 11 is 1.45. The molecule has 7 nitrogen and oxygen atoms in total. The number of thiazole rings is 1. The Balaban J connectivity index is 1.42.